The van der Waals surface area contributed by atoms with Crippen LogP contribution in [0.25, 0.3) is 0 Å². The van der Waals surface area contributed by atoms with E-state index < -0.39 is 10.0 Å². The maximum Gasteiger partial charge on any atom is 0.250 e. The first-order chi connectivity index (χ1) is 10.0. The molecule has 21 heavy (non-hydrogen) atoms. The fraction of sp³-hybridized carbons (Fsp3) is 0.733. The molecule has 0 saturated heterocycles. The van der Waals surface area contributed by atoms with E-state index in [4.69, 9.17) is 0 Å². The van der Waals surface area contributed by atoms with Gasteiger partial charge >= 0.3 is 0 Å². The zero-order chi connectivity index (χ0) is 15.3. The molecule has 1 saturated carbocycles. The van der Waals surface area contributed by atoms with Gasteiger partial charge in [-0.25, -0.2) is 13.1 Å². The lowest BCUT2D eigenvalue weighted by Crippen LogP contribution is -2.28. The molecule has 1 aliphatic rings. The Kier molecular flexibility index (Phi) is 6.22. The smallest absolute Gasteiger partial charge is 0.250 e. The third kappa shape index (κ3) is 5.06. The minimum Gasteiger partial charge on any atom is -0.312 e. The Balaban J connectivity index is 1.87. The van der Waals surface area contributed by atoms with Crippen LogP contribution < -0.4 is 10.0 Å². The molecule has 1 aliphatic carbocycles. The second kappa shape index (κ2) is 7.72. The zero-order valence-electron chi connectivity index (χ0n) is 12.9. The second-order valence-electron chi connectivity index (χ2n) is 6.03. The van der Waals surface area contributed by atoms with E-state index in [0.717, 1.165) is 43.1 Å². The molecule has 2 atom stereocenters. The number of rotatable bonds is 8. The van der Waals surface area contributed by atoms with Crippen molar-refractivity contribution in [1.29, 1.82) is 0 Å². The number of hydrogen-bond acceptors (Lipinski definition) is 4. The molecular formula is C15H26N2O2S2. The summed E-state index contributed by atoms with van der Waals surface area (Å²) in [5.41, 5.74) is 0. The van der Waals surface area contributed by atoms with Crippen LogP contribution in [0.2, 0.25) is 0 Å². The predicted molar refractivity (Wildman–Crippen MR) is 88.0 cm³/mol. The Morgan fingerprint density at radius 3 is 2.81 bits per heavy atom. The van der Waals surface area contributed by atoms with Crippen molar-refractivity contribution in [3.63, 3.8) is 0 Å². The van der Waals surface area contributed by atoms with Gasteiger partial charge in [0, 0.05) is 18.0 Å². The van der Waals surface area contributed by atoms with Crippen molar-refractivity contribution in [3.05, 3.63) is 17.0 Å². The molecule has 0 bridgehead atoms. The van der Waals surface area contributed by atoms with Crippen LogP contribution in [0.5, 0.6) is 0 Å². The summed E-state index contributed by atoms with van der Waals surface area (Å²) in [5, 5.41) is 3.29. The first kappa shape index (κ1) is 16.9. The van der Waals surface area contributed by atoms with Gasteiger partial charge in [0.15, 0.2) is 0 Å². The molecule has 2 unspecified atom stereocenters. The van der Waals surface area contributed by atoms with Gasteiger partial charge in [-0.15, -0.1) is 11.3 Å². The summed E-state index contributed by atoms with van der Waals surface area (Å²) in [7, 11) is -3.33. The third-order valence-corrected chi connectivity index (χ3v) is 6.99. The minimum absolute atomic E-state index is 0.432. The lowest BCUT2D eigenvalue weighted by molar-refractivity contribution is 0.499. The van der Waals surface area contributed by atoms with Crippen molar-refractivity contribution in [2.24, 2.45) is 11.8 Å². The maximum atomic E-state index is 12.3. The Labute approximate surface area is 132 Å². The Bertz CT molecular complexity index is 540. The van der Waals surface area contributed by atoms with E-state index in [-0.39, 0.29) is 0 Å². The highest BCUT2D eigenvalue weighted by Gasteiger charge is 2.24. The average molecular weight is 331 g/mol. The summed E-state index contributed by atoms with van der Waals surface area (Å²) in [4.78, 5) is 1.07. The highest BCUT2D eigenvalue weighted by atomic mass is 32.2. The summed E-state index contributed by atoms with van der Waals surface area (Å²) in [5.74, 6) is 1.23. The molecule has 1 fully saturated rings. The standard InChI is InChI=1S/C15H26N2O2S2/c1-3-8-16-11-14-6-7-15(20-14)21(18,19)17-10-13-5-4-12(2)9-13/h6-7,12-13,16-17H,3-5,8-11H2,1-2H3. The SMILES string of the molecule is CCCNCc1ccc(S(=O)(=O)NCC2CCC(C)C2)s1. The lowest BCUT2D eigenvalue weighted by atomic mass is 10.1. The van der Waals surface area contributed by atoms with E-state index in [2.05, 4.69) is 23.9 Å². The molecule has 2 N–H and O–H groups in total. The first-order valence-electron chi connectivity index (χ1n) is 7.80. The number of sulfonamides is 1. The minimum atomic E-state index is -3.33. The number of nitrogens with one attached hydrogen (secondary N) is 2. The van der Waals surface area contributed by atoms with Crippen LogP contribution >= 0.6 is 11.3 Å². The molecule has 0 aliphatic heterocycles. The van der Waals surface area contributed by atoms with Crippen molar-refractivity contribution in [3.8, 4) is 0 Å². The average Bonchev–Trinajstić information content (AvgIpc) is 3.06. The molecule has 4 nitrogen and oxygen atoms in total. The Hall–Kier alpha value is -0.430. The normalized spacial score (nSPS) is 22.8. The Morgan fingerprint density at radius 2 is 2.14 bits per heavy atom. The second-order valence-corrected chi connectivity index (χ2v) is 9.20. The van der Waals surface area contributed by atoms with Gasteiger partial charge in [-0.05, 0) is 49.8 Å². The van der Waals surface area contributed by atoms with E-state index in [0.29, 0.717) is 16.7 Å². The summed E-state index contributed by atoms with van der Waals surface area (Å²) < 4.78 is 27.8. The van der Waals surface area contributed by atoms with E-state index in [9.17, 15) is 8.42 Å². The van der Waals surface area contributed by atoms with Crippen molar-refractivity contribution in [2.45, 2.75) is 50.3 Å². The van der Waals surface area contributed by atoms with Crippen LogP contribution in [0.15, 0.2) is 16.3 Å². The van der Waals surface area contributed by atoms with Crippen LogP contribution in [-0.4, -0.2) is 21.5 Å². The first-order valence-corrected chi connectivity index (χ1v) is 10.1. The molecule has 0 amide bonds. The van der Waals surface area contributed by atoms with Crippen molar-refractivity contribution >= 4 is 21.4 Å². The topological polar surface area (TPSA) is 58.2 Å². The molecule has 1 heterocycles. The maximum absolute atomic E-state index is 12.3. The molecule has 0 aromatic carbocycles. The number of hydrogen-bond donors (Lipinski definition) is 2. The fourth-order valence-electron chi connectivity index (χ4n) is 2.80. The molecule has 6 heteroatoms. The summed E-state index contributed by atoms with van der Waals surface area (Å²) in [6, 6.07) is 3.62. The molecule has 2 rings (SSSR count). The molecule has 1 aromatic rings. The van der Waals surface area contributed by atoms with Gasteiger partial charge in [-0.3, -0.25) is 0 Å². The largest absolute Gasteiger partial charge is 0.312 e. The van der Waals surface area contributed by atoms with Crippen LogP contribution in [0.1, 0.15) is 44.4 Å². The zero-order valence-corrected chi connectivity index (χ0v) is 14.5. The third-order valence-electron chi connectivity index (χ3n) is 3.99. The van der Waals surface area contributed by atoms with Gasteiger partial charge in [-0.1, -0.05) is 20.3 Å². The van der Waals surface area contributed by atoms with Crippen LogP contribution in [0, 0.1) is 11.8 Å². The summed E-state index contributed by atoms with van der Waals surface area (Å²) >= 11 is 1.36. The lowest BCUT2D eigenvalue weighted by Gasteiger charge is -2.10. The summed E-state index contributed by atoms with van der Waals surface area (Å²) in [6.07, 6.45) is 4.58. The molecule has 0 radical (unpaired) electrons. The molecule has 120 valence electrons. The van der Waals surface area contributed by atoms with Crippen molar-refractivity contribution in [2.75, 3.05) is 13.1 Å². The van der Waals surface area contributed by atoms with E-state index in [1.165, 1.54) is 17.8 Å². The highest BCUT2D eigenvalue weighted by Crippen LogP contribution is 2.30. The van der Waals surface area contributed by atoms with Gasteiger partial charge in [0.05, 0.1) is 0 Å². The molecular weight excluding hydrogens is 304 g/mol. The highest BCUT2D eigenvalue weighted by molar-refractivity contribution is 7.91. The quantitative estimate of drug-likeness (QED) is 0.721. The predicted octanol–water partition coefficient (Wildman–Crippen LogP) is 2.96. The van der Waals surface area contributed by atoms with Gasteiger partial charge < -0.3 is 5.32 Å². The monoisotopic (exact) mass is 330 g/mol. The van der Waals surface area contributed by atoms with Crippen LogP contribution in [-0.2, 0) is 16.6 Å². The van der Waals surface area contributed by atoms with Crippen LogP contribution in [0.4, 0.5) is 0 Å². The van der Waals surface area contributed by atoms with E-state index in [1.807, 2.05) is 6.07 Å². The van der Waals surface area contributed by atoms with Gasteiger partial charge in [0.2, 0.25) is 10.0 Å². The van der Waals surface area contributed by atoms with Gasteiger partial charge in [-0.2, -0.15) is 0 Å². The van der Waals surface area contributed by atoms with Gasteiger partial charge in [0.25, 0.3) is 0 Å². The van der Waals surface area contributed by atoms with E-state index in [1.54, 1.807) is 6.07 Å². The fourth-order valence-corrected chi connectivity index (χ4v) is 5.28. The summed E-state index contributed by atoms with van der Waals surface area (Å²) in [6.45, 7) is 6.63. The van der Waals surface area contributed by atoms with Crippen molar-refractivity contribution in [1.82, 2.24) is 10.0 Å². The number of thiophene rings is 1. The van der Waals surface area contributed by atoms with Gasteiger partial charge in [0.1, 0.15) is 4.21 Å². The van der Waals surface area contributed by atoms with E-state index >= 15 is 0 Å². The van der Waals surface area contributed by atoms with Crippen molar-refractivity contribution < 1.29 is 8.42 Å². The Morgan fingerprint density at radius 1 is 1.33 bits per heavy atom. The molecule has 0 spiro atoms. The molecule has 1 aromatic heterocycles. The van der Waals surface area contributed by atoms with Crippen LogP contribution in [0.3, 0.4) is 0 Å².